The van der Waals surface area contributed by atoms with Crippen molar-refractivity contribution in [3.63, 3.8) is 0 Å². The van der Waals surface area contributed by atoms with Gasteiger partial charge in [0.15, 0.2) is 0 Å². The van der Waals surface area contributed by atoms with Crippen molar-refractivity contribution in [3.05, 3.63) is 53.1 Å². The van der Waals surface area contributed by atoms with Gasteiger partial charge in [0.1, 0.15) is 12.0 Å². The molecule has 0 bridgehead atoms. The number of hydrogen-bond acceptors (Lipinski definition) is 5. The van der Waals surface area contributed by atoms with Gasteiger partial charge in [-0.3, -0.25) is 21.1 Å². The van der Waals surface area contributed by atoms with Crippen molar-refractivity contribution in [2.24, 2.45) is 17.2 Å². The van der Waals surface area contributed by atoms with Crippen molar-refractivity contribution < 1.29 is 14.7 Å². The van der Waals surface area contributed by atoms with E-state index < -0.39 is 12.2 Å². The highest BCUT2D eigenvalue weighted by molar-refractivity contribution is 5.92. The van der Waals surface area contributed by atoms with Crippen molar-refractivity contribution in [3.8, 4) is 5.75 Å². The number of carbonyl (C=O) groups is 2. The molecule has 25 heavy (non-hydrogen) atoms. The maximum atomic E-state index is 12.5. The monoisotopic (exact) mass is 344 g/mol. The van der Waals surface area contributed by atoms with Gasteiger partial charge in [-0.05, 0) is 48.6 Å². The van der Waals surface area contributed by atoms with Crippen molar-refractivity contribution in [1.29, 1.82) is 0 Å². The van der Waals surface area contributed by atoms with Crippen LogP contribution in [0.4, 0.5) is 0 Å². The minimum absolute atomic E-state index is 0.177. The Balaban J connectivity index is 1.99. The Hall–Kier alpha value is -2.64. The summed E-state index contributed by atoms with van der Waals surface area (Å²) in [5.74, 6) is -0.446. The molecule has 7 heteroatoms. The fraction of sp³-hybridized carbons (Fsp3) is 0.333. The van der Waals surface area contributed by atoms with Crippen molar-refractivity contribution in [1.82, 2.24) is 4.90 Å². The molecule has 0 aromatic heterocycles. The number of aromatic hydroxyl groups is 1. The number of phenolic OH excluding ortho intramolecular Hbond substituents is 1. The molecule has 1 aromatic carbocycles. The summed E-state index contributed by atoms with van der Waals surface area (Å²) in [4.78, 5) is 25.2. The predicted molar refractivity (Wildman–Crippen MR) is 94.9 cm³/mol. The Morgan fingerprint density at radius 1 is 1.20 bits per heavy atom. The number of nitrogens with zero attached hydrogens (tertiary/aromatic N) is 1. The van der Waals surface area contributed by atoms with E-state index in [1.54, 1.807) is 30.3 Å². The minimum Gasteiger partial charge on any atom is -0.508 e. The number of phenols is 1. The molecule has 7 N–H and O–H groups in total. The summed E-state index contributed by atoms with van der Waals surface area (Å²) < 4.78 is 0. The van der Waals surface area contributed by atoms with E-state index in [4.69, 9.17) is 17.2 Å². The minimum atomic E-state index is -0.930. The summed E-state index contributed by atoms with van der Waals surface area (Å²) in [7, 11) is 0. The van der Waals surface area contributed by atoms with Crippen LogP contribution in [-0.4, -0.2) is 34.7 Å². The fourth-order valence-corrected chi connectivity index (χ4v) is 2.69. The fourth-order valence-electron chi connectivity index (χ4n) is 2.69. The lowest BCUT2D eigenvalue weighted by Gasteiger charge is -2.27. The zero-order valence-electron chi connectivity index (χ0n) is 14.0. The molecule has 134 valence electrons. The third kappa shape index (κ3) is 5.44. The number of nitrogens with two attached hydrogens (primary N) is 3. The van der Waals surface area contributed by atoms with E-state index in [-0.39, 0.29) is 24.6 Å². The lowest BCUT2D eigenvalue weighted by molar-refractivity contribution is -0.132. The van der Waals surface area contributed by atoms with E-state index in [1.165, 1.54) is 4.90 Å². The summed E-state index contributed by atoms with van der Waals surface area (Å²) in [6.45, 7) is 0.239. The third-order valence-corrected chi connectivity index (χ3v) is 4.09. The van der Waals surface area contributed by atoms with Gasteiger partial charge in [-0.1, -0.05) is 18.2 Å². The third-order valence-electron chi connectivity index (χ3n) is 4.09. The van der Waals surface area contributed by atoms with E-state index >= 15 is 0 Å². The quantitative estimate of drug-likeness (QED) is 0.534. The van der Waals surface area contributed by atoms with Crippen molar-refractivity contribution >= 4 is 11.8 Å². The zero-order chi connectivity index (χ0) is 18.4. The molecule has 0 aliphatic heterocycles. The average Bonchev–Trinajstić information content (AvgIpc) is 2.59. The Morgan fingerprint density at radius 3 is 2.48 bits per heavy atom. The van der Waals surface area contributed by atoms with Crippen LogP contribution >= 0.6 is 0 Å². The van der Waals surface area contributed by atoms with E-state index in [9.17, 15) is 14.7 Å². The van der Waals surface area contributed by atoms with Gasteiger partial charge >= 0.3 is 0 Å². The molecular formula is C18H24N4O3. The Morgan fingerprint density at radius 2 is 1.88 bits per heavy atom. The second-order valence-electron chi connectivity index (χ2n) is 6.03. The standard InChI is InChI=1S/C18H24N4O3/c19-17(25)14-3-1-2-13(10-14)11-22(18(20)21)16(24)9-6-12-4-7-15(23)8-5-12/h2,4-5,7-8,10,18,23H,1,3,6,9,11,20-21H2,(H2,19,25). The van der Waals surface area contributed by atoms with Gasteiger partial charge in [0.05, 0.1) is 0 Å². The number of hydrogen-bond donors (Lipinski definition) is 4. The average molecular weight is 344 g/mol. The van der Waals surface area contributed by atoms with Crippen LogP contribution in [0.3, 0.4) is 0 Å². The van der Waals surface area contributed by atoms with Gasteiger partial charge in [-0.25, -0.2) is 0 Å². The van der Waals surface area contributed by atoms with Crippen LogP contribution in [-0.2, 0) is 16.0 Å². The smallest absolute Gasteiger partial charge is 0.244 e. The molecule has 0 atom stereocenters. The predicted octanol–water partition coefficient (Wildman–Crippen LogP) is 0.486. The summed E-state index contributed by atoms with van der Waals surface area (Å²) in [6.07, 6.45) is 4.78. The maximum Gasteiger partial charge on any atom is 0.244 e. The number of allylic oxidation sites excluding steroid dienone is 1. The SMILES string of the molecule is NC(=O)C1=CC(CN(C(=O)CCc2ccc(O)cc2)C(N)N)=CCC1. The largest absolute Gasteiger partial charge is 0.508 e. The number of benzene rings is 1. The molecule has 0 spiro atoms. The molecular weight excluding hydrogens is 320 g/mol. The first-order valence-electron chi connectivity index (χ1n) is 8.15. The first-order chi connectivity index (χ1) is 11.9. The number of amides is 2. The van der Waals surface area contributed by atoms with Crippen LogP contribution in [0.1, 0.15) is 24.8 Å². The molecule has 1 aliphatic carbocycles. The molecule has 0 fully saturated rings. The summed E-state index contributed by atoms with van der Waals surface area (Å²) in [5, 5.41) is 9.29. The Kier molecular flexibility index (Phi) is 6.32. The van der Waals surface area contributed by atoms with Gasteiger partial charge in [-0.15, -0.1) is 0 Å². The van der Waals surface area contributed by atoms with Crippen LogP contribution in [0.5, 0.6) is 5.75 Å². The molecule has 0 radical (unpaired) electrons. The highest BCUT2D eigenvalue weighted by Gasteiger charge is 2.20. The number of carbonyl (C=O) groups excluding carboxylic acids is 2. The summed E-state index contributed by atoms with van der Waals surface area (Å²) in [6, 6.07) is 6.69. The van der Waals surface area contributed by atoms with E-state index in [2.05, 4.69) is 0 Å². The topological polar surface area (TPSA) is 136 Å². The van der Waals surface area contributed by atoms with E-state index in [1.807, 2.05) is 6.08 Å². The molecule has 0 unspecified atom stereocenters. The molecule has 2 rings (SSSR count). The lowest BCUT2D eigenvalue weighted by atomic mass is 9.98. The molecule has 7 nitrogen and oxygen atoms in total. The van der Waals surface area contributed by atoms with Crippen LogP contribution in [0, 0.1) is 0 Å². The molecule has 0 saturated carbocycles. The number of aryl methyl sites for hydroxylation is 1. The Bertz CT molecular complexity index is 693. The highest BCUT2D eigenvalue weighted by atomic mass is 16.3. The van der Waals surface area contributed by atoms with E-state index in [0.717, 1.165) is 11.1 Å². The number of primary amides is 1. The van der Waals surface area contributed by atoms with Gasteiger partial charge in [-0.2, -0.15) is 0 Å². The van der Waals surface area contributed by atoms with Crippen molar-refractivity contribution in [2.45, 2.75) is 32.0 Å². The second-order valence-corrected chi connectivity index (χ2v) is 6.03. The molecule has 1 aliphatic rings. The highest BCUT2D eigenvalue weighted by Crippen LogP contribution is 2.19. The van der Waals surface area contributed by atoms with Gasteiger partial charge in [0, 0.05) is 18.5 Å². The first kappa shape index (κ1) is 18.7. The van der Waals surface area contributed by atoms with E-state index in [0.29, 0.717) is 24.8 Å². The summed E-state index contributed by atoms with van der Waals surface area (Å²) >= 11 is 0. The molecule has 0 saturated heterocycles. The van der Waals surface area contributed by atoms with Gasteiger partial charge in [0.25, 0.3) is 0 Å². The normalized spacial score (nSPS) is 14.0. The molecule has 1 aromatic rings. The van der Waals surface area contributed by atoms with Crippen molar-refractivity contribution in [2.75, 3.05) is 6.54 Å². The maximum absolute atomic E-state index is 12.5. The van der Waals surface area contributed by atoms with Gasteiger partial charge < -0.3 is 15.7 Å². The lowest BCUT2D eigenvalue weighted by Crippen LogP contribution is -2.52. The number of rotatable bonds is 7. The molecule has 0 heterocycles. The second kappa shape index (κ2) is 8.46. The zero-order valence-corrected chi connectivity index (χ0v) is 14.0. The van der Waals surface area contributed by atoms with Crippen LogP contribution in [0.15, 0.2) is 47.6 Å². The van der Waals surface area contributed by atoms with Gasteiger partial charge in [0.2, 0.25) is 11.8 Å². The van der Waals surface area contributed by atoms with Crippen LogP contribution in [0.25, 0.3) is 0 Å². The molecule has 2 amide bonds. The Labute approximate surface area is 146 Å². The first-order valence-corrected chi connectivity index (χ1v) is 8.15. The van der Waals surface area contributed by atoms with Crippen LogP contribution in [0.2, 0.25) is 0 Å². The van der Waals surface area contributed by atoms with Crippen LogP contribution < -0.4 is 17.2 Å². The summed E-state index contributed by atoms with van der Waals surface area (Å²) in [5.41, 5.74) is 19.1.